The zero-order valence-corrected chi connectivity index (χ0v) is 14.6. The van der Waals surface area contributed by atoms with Crippen molar-refractivity contribution in [2.24, 2.45) is 10.7 Å². The van der Waals surface area contributed by atoms with Crippen LogP contribution < -0.4 is 5.73 Å². The Morgan fingerprint density at radius 2 is 2.00 bits per heavy atom. The third-order valence-electron chi connectivity index (χ3n) is 4.02. The van der Waals surface area contributed by atoms with Crippen LogP contribution in [-0.4, -0.2) is 21.5 Å². The predicted molar refractivity (Wildman–Crippen MR) is 92.2 cm³/mol. The van der Waals surface area contributed by atoms with Gasteiger partial charge in [0.2, 0.25) is 0 Å². The minimum atomic E-state index is -4.49. The molecule has 134 valence electrons. The van der Waals surface area contributed by atoms with Crippen molar-refractivity contribution in [2.45, 2.75) is 31.9 Å². The molecule has 1 aromatic heterocycles. The first-order valence-electron chi connectivity index (χ1n) is 7.68. The highest BCUT2D eigenvalue weighted by atomic mass is 35.5. The fraction of sp³-hybridized carbons (Fsp3) is 0.375. The van der Waals surface area contributed by atoms with E-state index in [-0.39, 0.29) is 22.3 Å². The Morgan fingerprint density at radius 1 is 1.28 bits per heavy atom. The van der Waals surface area contributed by atoms with Gasteiger partial charge < -0.3 is 5.73 Å². The van der Waals surface area contributed by atoms with Crippen molar-refractivity contribution in [1.29, 1.82) is 0 Å². The van der Waals surface area contributed by atoms with Gasteiger partial charge in [0.1, 0.15) is 5.84 Å². The van der Waals surface area contributed by atoms with Gasteiger partial charge >= 0.3 is 6.18 Å². The van der Waals surface area contributed by atoms with E-state index in [0.717, 1.165) is 12.8 Å². The maximum absolute atomic E-state index is 13.3. The van der Waals surface area contributed by atoms with Crippen molar-refractivity contribution in [3.05, 3.63) is 40.2 Å². The number of rotatable bonds is 3. The van der Waals surface area contributed by atoms with Gasteiger partial charge in [0.15, 0.2) is 5.69 Å². The van der Waals surface area contributed by atoms with Crippen molar-refractivity contribution in [1.82, 2.24) is 9.78 Å². The topological polar surface area (TPSA) is 56.2 Å². The van der Waals surface area contributed by atoms with Crippen molar-refractivity contribution >= 4 is 34.7 Å². The van der Waals surface area contributed by atoms with Crippen molar-refractivity contribution in [2.75, 3.05) is 5.88 Å². The molecule has 0 aliphatic heterocycles. The number of nitrogens with zero attached hydrogens (tertiary/aromatic N) is 3. The molecule has 0 fully saturated rings. The van der Waals surface area contributed by atoms with Crippen molar-refractivity contribution in [3.63, 3.8) is 0 Å². The fourth-order valence-electron chi connectivity index (χ4n) is 2.96. The highest BCUT2D eigenvalue weighted by molar-refractivity contribution is 6.32. The lowest BCUT2D eigenvalue weighted by atomic mass is 9.95. The van der Waals surface area contributed by atoms with E-state index >= 15 is 0 Å². The van der Waals surface area contributed by atoms with Crippen LogP contribution in [0.15, 0.2) is 23.2 Å². The second kappa shape index (κ2) is 6.88. The maximum atomic E-state index is 13.3. The average Bonchev–Trinajstić information content (AvgIpc) is 2.95. The van der Waals surface area contributed by atoms with Gasteiger partial charge in [-0.15, -0.1) is 11.6 Å². The smallest absolute Gasteiger partial charge is 0.386 e. The molecule has 2 N–H and O–H groups in total. The minimum absolute atomic E-state index is 0.0704. The van der Waals surface area contributed by atoms with Gasteiger partial charge in [-0.2, -0.15) is 18.3 Å². The lowest BCUT2D eigenvalue weighted by Gasteiger charge is -2.15. The van der Waals surface area contributed by atoms with Crippen LogP contribution >= 0.6 is 23.2 Å². The molecule has 9 heteroatoms. The zero-order chi connectivity index (χ0) is 18.2. The van der Waals surface area contributed by atoms with Gasteiger partial charge in [0.05, 0.1) is 22.3 Å². The molecule has 4 nitrogen and oxygen atoms in total. The van der Waals surface area contributed by atoms with Gasteiger partial charge in [-0.1, -0.05) is 11.6 Å². The first kappa shape index (κ1) is 18.1. The fourth-order valence-corrected chi connectivity index (χ4v) is 3.27. The number of amidine groups is 1. The Hall–Kier alpha value is -1.73. The molecule has 0 amide bonds. The summed E-state index contributed by atoms with van der Waals surface area (Å²) < 4.78 is 41.2. The molecule has 3 rings (SSSR count). The number of benzene rings is 1. The standard InChI is InChI=1S/C16H15Cl2F3N4/c17-8-14(22)23-9-5-6-13(11(18)7-9)25-12-4-2-1-3-10(12)15(24-25)16(19,20)21/h5-7H,1-4,8H2,(H2,22,23). The van der Waals surface area contributed by atoms with Crippen LogP contribution in [0, 0.1) is 0 Å². The molecule has 2 aromatic rings. The molecule has 0 spiro atoms. The summed E-state index contributed by atoms with van der Waals surface area (Å²) in [6.45, 7) is 0. The summed E-state index contributed by atoms with van der Waals surface area (Å²) in [6.07, 6.45) is -2.04. The van der Waals surface area contributed by atoms with Crippen molar-refractivity contribution in [3.8, 4) is 5.69 Å². The van der Waals surface area contributed by atoms with E-state index in [4.69, 9.17) is 28.9 Å². The Bertz CT molecular complexity index is 828. The predicted octanol–water partition coefficient (Wildman–Crippen LogP) is 4.65. The number of nitrogens with two attached hydrogens (primary N) is 1. The summed E-state index contributed by atoms with van der Waals surface area (Å²) in [5, 5.41) is 4.07. The van der Waals surface area contributed by atoms with Crippen LogP contribution in [0.5, 0.6) is 0 Å². The van der Waals surface area contributed by atoms with E-state index in [1.807, 2.05) is 0 Å². The average molecular weight is 391 g/mol. The monoisotopic (exact) mass is 390 g/mol. The SMILES string of the molecule is NC(CCl)=Nc1ccc(-n2nc(C(F)(F)F)c3c2CCCC3)c(Cl)c1. The van der Waals surface area contributed by atoms with E-state index in [1.165, 1.54) is 10.7 Å². The Balaban J connectivity index is 2.09. The second-order valence-electron chi connectivity index (χ2n) is 5.76. The number of hydrogen-bond acceptors (Lipinski definition) is 2. The number of aliphatic imine (C=N–C) groups is 1. The quantitative estimate of drug-likeness (QED) is 0.471. The van der Waals surface area contributed by atoms with Crippen LogP contribution in [-0.2, 0) is 19.0 Å². The lowest BCUT2D eigenvalue weighted by molar-refractivity contribution is -0.142. The Kier molecular flexibility index (Phi) is 4.97. The first-order valence-corrected chi connectivity index (χ1v) is 8.59. The lowest BCUT2D eigenvalue weighted by Crippen LogP contribution is -2.12. The third kappa shape index (κ3) is 3.62. The van der Waals surface area contributed by atoms with Crippen LogP contribution in [0.3, 0.4) is 0 Å². The van der Waals surface area contributed by atoms with E-state index in [0.29, 0.717) is 29.9 Å². The van der Waals surface area contributed by atoms with E-state index < -0.39 is 11.9 Å². The van der Waals surface area contributed by atoms with Crippen LogP contribution in [0.1, 0.15) is 29.8 Å². The number of hydrogen-bond donors (Lipinski definition) is 1. The molecule has 0 bridgehead atoms. The highest BCUT2D eigenvalue weighted by Gasteiger charge is 2.39. The molecule has 0 saturated carbocycles. The molecular weight excluding hydrogens is 376 g/mol. The molecular formula is C16H15Cl2F3N4. The van der Waals surface area contributed by atoms with Crippen LogP contribution in [0.4, 0.5) is 18.9 Å². The second-order valence-corrected chi connectivity index (χ2v) is 6.44. The molecule has 1 heterocycles. The zero-order valence-electron chi connectivity index (χ0n) is 13.1. The highest BCUT2D eigenvalue weighted by Crippen LogP contribution is 2.38. The van der Waals surface area contributed by atoms with Crippen molar-refractivity contribution < 1.29 is 13.2 Å². The summed E-state index contributed by atoms with van der Waals surface area (Å²) in [5.74, 6) is 0.294. The van der Waals surface area contributed by atoms with E-state index in [1.54, 1.807) is 12.1 Å². The largest absolute Gasteiger partial charge is 0.435 e. The molecule has 0 saturated heterocycles. The molecule has 0 atom stereocenters. The van der Waals surface area contributed by atoms with Gasteiger partial charge in [0.25, 0.3) is 0 Å². The summed E-state index contributed by atoms with van der Waals surface area (Å²) in [6, 6.07) is 4.73. The van der Waals surface area contributed by atoms with Crippen LogP contribution in [0.25, 0.3) is 5.69 Å². The third-order valence-corrected chi connectivity index (χ3v) is 4.59. The van der Waals surface area contributed by atoms with Gasteiger partial charge in [-0.05, 0) is 43.9 Å². The molecule has 1 aromatic carbocycles. The summed E-state index contributed by atoms with van der Waals surface area (Å²) in [4.78, 5) is 4.07. The number of aromatic nitrogens is 2. The summed E-state index contributed by atoms with van der Waals surface area (Å²) >= 11 is 11.9. The summed E-state index contributed by atoms with van der Waals surface area (Å²) in [7, 11) is 0. The molecule has 0 radical (unpaired) electrons. The van der Waals surface area contributed by atoms with E-state index in [9.17, 15) is 13.2 Å². The molecule has 1 aliphatic carbocycles. The normalized spacial score (nSPS) is 15.3. The van der Waals surface area contributed by atoms with Crippen LogP contribution in [0.2, 0.25) is 5.02 Å². The Labute approximate surface area is 152 Å². The molecule has 0 unspecified atom stereocenters. The number of halogens is 5. The van der Waals surface area contributed by atoms with E-state index in [2.05, 4.69) is 10.1 Å². The first-order chi connectivity index (χ1) is 11.8. The number of fused-ring (bicyclic) bond motifs is 1. The Morgan fingerprint density at radius 3 is 2.64 bits per heavy atom. The maximum Gasteiger partial charge on any atom is 0.435 e. The molecule has 1 aliphatic rings. The number of alkyl halides is 4. The molecule has 25 heavy (non-hydrogen) atoms. The van der Waals surface area contributed by atoms with Gasteiger partial charge in [0, 0.05) is 11.3 Å². The minimum Gasteiger partial charge on any atom is -0.386 e. The summed E-state index contributed by atoms with van der Waals surface area (Å²) in [5.41, 5.74) is 6.45. The van der Waals surface area contributed by atoms with Gasteiger partial charge in [-0.3, -0.25) is 0 Å². The van der Waals surface area contributed by atoms with Gasteiger partial charge in [-0.25, -0.2) is 9.67 Å².